The third-order valence-electron chi connectivity index (χ3n) is 4.86. The van der Waals surface area contributed by atoms with Crippen LogP contribution in [0.5, 0.6) is 11.5 Å². The first kappa shape index (κ1) is 18.2. The van der Waals surface area contributed by atoms with Crippen molar-refractivity contribution in [2.45, 2.75) is 6.54 Å². The van der Waals surface area contributed by atoms with E-state index in [9.17, 15) is 9.59 Å². The van der Waals surface area contributed by atoms with Crippen molar-refractivity contribution in [1.82, 2.24) is 19.7 Å². The van der Waals surface area contributed by atoms with Crippen LogP contribution in [-0.4, -0.2) is 25.5 Å². The highest BCUT2D eigenvalue weighted by Gasteiger charge is 2.16. The number of fused-ring (bicyclic) bond motifs is 2. The maximum absolute atomic E-state index is 13.0. The largest absolute Gasteiger partial charge is 0.456 e. The molecule has 5 aromatic rings. The zero-order valence-electron chi connectivity index (χ0n) is 15.6. The van der Waals surface area contributed by atoms with Gasteiger partial charge in [-0.05, 0) is 42.5 Å². The van der Waals surface area contributed by atoms with Crippen LogP contribution in [-0.2, 0) is 6.54 Å². The van der Waals surface area contributed by atoms with Crippen molar-refractivity contribution in [3.05, 3.63) is 88.1 Å². The van der Waals surface area contributed by atoms with Gasteiger partial charge in [0.15, 0.2) is 5.78 Å². The molecule has 0 unspecified atom stereocenters. The number of halogens is 1. The molecule has 0 bridgehead atoms. The monoisotopic (exact) mass is 418 g/mol. The third-order valence-corrected chi connectivity index (χ3v) is 5.09. The number of hydrogen-bond donors (Lipinski definition) is 2. The number of ketones is 1. The van der Waals surface area contributed by atoms with Crippen molar-refractivity contribution >= 4 is 39.2 Å². The minimum absolute atomic E-state index is 0.00125. The number of aromatic nitrogens is 4. The number of carbonyl (C=O) groups excluding carboxylic acids is 1. The lowest BCUT2D eigenvalue weighted by molar-refractivity contribution is 0.0971. The summed E-state index contributed by atoms with van der Waals surface area (Å²) in [6.07, 6.45) is 4.97. The van der Waals surface area contributed by atoms with Crippen LogP contribution in [0.1, 0.15) is 10.4 Å². The second kappa shape index (κ2) is 7.20. The summed E-state index contributed by atoms with van der Waals surface area (Å²) in [5.41, 5.74) is 1.66. The molecule has 0 fully saturated rings. The summed E-state index contributed by atoms with van der Waals surface area (Å²) < 4.78 is 7.33. The molecule has 3 aromatic heterocycles. The highest BCUT2D eigenvalue weighted by Crippen LogP contribution is 2.27. The number of aromatic amines is 2. The fourth-order valence-corrected chi connectivity index (χ4v) is 3.64. The van der Waals surface area contributed by atoms with Crippen LogP contribution in [0.15, 0.2) is 71.9 Å². The minimum atomic E-state index is -0.281. The van der Waals surface area contributed by atoms with Gasteiger partial charge < -0.3 is 9.72 Å². The maximum atomic E-state index is 13.0. The van der Waals surface area contributed by atoms with Crippen molar-refractivity contribution in [2.24, 2.45) is 0 Å². The zero-order chi connectivity index (χ0) is 20.7. The lowest BCUT2D eigenvalue weighted by Gasteiger charge is -2.06. The fourth-order valence-electron chi connectivity index (χ4n) is 3.47. The van der Waals surface area contributed by atoms with Crippen LogP contribution in [0.4, 0.5) is 0 Å². The average Bonchev–Trinajstić information content (AvgIpc) is 3.29. The number of nitrogens with zero attached hydrogens (tertiary/aromatic N) is 2. The molecular weight excluding hydrogens is 404 g/mol. The van der Waals surface area contributed by atoms with E-state index in [0.29, 0.717) is 33.0 Å². The molecule has 0 spiro atoms. The highest BCUT2D eigenvalue weighted by molar-refractivity contribution is 6.31. The van der Waals surface area contributed by atoms with Gasteiger partial charge in [-0.3, -0.25) is 24.4 Å². The number of rotatable bonds is 5. The van der Waals surface area contributed by atoms with E-state index in [1.54, 1.807) is 48.9 Å². The number of ether oxygens (including phenoxy) is 1. The van der Waals surface area contributed by atoms with Crippen LogP contribution in [0.3, 0.4) is 0 Å². The number of H-pyrrole nitrogens is 2. The van der Waals surface area contributed by atoms with Gasteiger partial charge in [0.25, 0.3) is 5.56 Å². The van der Waals surface area contributed by atoms with E-state index >= 15 is 0 Å². The van der Waals surface area contributed by atoms with Gasteiger partial charge in [-0.2, -0.15) is 0 Å². The first-order valence-corrected chi connectivity index (χ1v) is 9.56. The van der Waals surface area contributed by atoms with Crippen LogP contribution < -0.4 is 10.3 Å². The van der Waals surface area contributed by atoms with Crippen LogP contribution >= 0.6 is 11.6 Å². The number of nitrogens with one attached hydrogen (secondary N) is 2. The molecule has 7 nitrogen and oxygen atoms in total. The molecule has 0 saturated heterocycles. The van der Waals surface area contributed by atoms with Gasteiger partial charge in [0.05, 0.1) is 17.1 Å². The SMILES string of the molecule is O=C(Cn1[nH]c(=O)c2cc(Cl)ccc21)c1c[nH]c2cc(Oc3cccnc3)ccc12. The van der Waals surface area contributed by atoms with Crippen molar-refractivity contribution in [2.75, 3.05) is 0 Å². The highest BCUT2D eigenvalue weighted by atomic mass is 35.5. The lowest BCUT2D eigenvalue weighted by Crippen LogP contribution is -2.13. The first-order chi connectivity index (χ1) is 14.6. The number of hydrogen-bond acceptors (Lipinski definition) is 4. The predicted molar refractivity (Wildman–Crippen MR) is 115 cm³/mol. The Morgan fingerprint density at radius 2 is 2.00 bits per heavy atom. The Kier molecular flexibility index (Phi) is 4.37. The molecule has 2 N–H and O–H groups in total. The van der Waals surface area contributed by atoms with E-state index < -0.39 is 0 Å². The van der Waals surface area contributed by atoms with E-state index in [4.69, 9.17) is 16.3 Å². The zero-order valence-corrected chi connectivity index (χ0v) is 16.3. The summed E-state index contributed by atoms with van der Waals surface area (Å²) in [5, 5.41) is 4.40. The van der Waals surface area contributed by atoms with E-state index in [0.717, 1.165) is 10.9 Å². The molecule has 2 aromatic carbocycles. The topological polar surface area (TPSA) is 92.8 Å². The molecule has 0 radical (unpaired) electrons. The summed E-state index contributed by atoms with van der Waals surface area (Å²) in [6.45, 7) is 0.00125. The molecule has 5 rings (SSSR count). The third kappa shape index (κ3) is 3.25. The Hall–Kier alpha value is -3.84. The number of carbonyl (C=O) groups is 1. The van der Waals surface area contributed by atoms with Crippen LogP contribution in [0.25, 0.3) is 21.8 Å². The van der Waals surface area contributed by atoms with Gasteiger partial charge >= 0.3 is 0 Å². The van der Waals surface area contributed by atoms with Crippen LogP contribution in [0.2, 0.25) is 5.02 Å². The quantitative estimate of drug-likeness (QED) is 0.410. The van der Waals surface area contributed by atoms with Crippen molar-refractivity contribution in [3.63, 3.8) is 0 Å². The summed E-state index contributed by atoms with van der Waals surface area (Å²) in [5.74, 6) is 1.13. The Morgan fingerprint density at radius 3 is 2.83 bits per heavy atom. The van der Waals surface area contributed by atoms with Crippen molar-refractivity contribution in [3.8, 4) is 11.5 Å². The molecule has 0 aliphatic heterocycles. The summed E-state index contributed by atoms with van der Waals surface area (Å²) in [4.78, 5) is 32.2. The van der Waals surface area contributed by atoms with Crippen molar-refractivity contribution < 1.29 is 9.53 Å². The molecule has 0 saturated carbocycles. The summed E-state index contributed by atoms with van der Waals surface area (Å²) in [7, 11) is 0. The smallest absolute Gasteiger partial charge is 0.272 e. The van der Waals surface area contributed by atoms with Gasteiger partial charge in [0.2, 0.25) is 0 Å². The summed E-state index contributed by atoms with van der Waals surface area (Å²) >= 11 is 5.97. The molecule has 3 heterocycles. The van der Waals surface area contributed by atoms with Gasteiger partial charge in [-0.25, -0.2) is 0 Å². The second-order valence-corrected chi connectivity index (χ2v) is 7.25. The van der Waals surface area contributed by atoms with E-state index in [-0.39, 0.29) is 17.9 Å². The Labute approximate surface area is 174 Å². The standard InChI is InChI=1S/C22H15ClN4O3/c23-13-3-6-20-17(8-13)22(29)26-27(20)12-21(28)18-11-25-19-9-14(4-5-16(18)19)30-15-2-1-7-24-10-15/h1-11,25H,12H2,(H,26,29). The molecule has 148 valence electrons. The van der Waals surface area contributed by atoms with Gasteiger partial charge in [0, 0.05) is 39.9 Å². The number of Topliss-reactive ketones (excluding diaryl/α,β-unsaturated/α-hetero) is 1. The molecule has 30 heavy (non-hydrogen) atoms. The lowest BCUT2D eigenvalue weighted by atomic mass is 10.1. The maximum Gasteiger partial charge on any atom is 0.272 e. The molecular formula is C22H15ClN4O3. The van der Waals surface area contributed by atoms with Gasteiger partial charge in [0.1, 0.15) is 18.0 Å². The Morgan fingerprint density at radius 1 is 1.10 bits per heavy atom. The Bertz CT molecular complexity index is 1450. The van der Waals surface area contributed by atoms with Gasteiger partial charge in [-0.1, -0.05) is 11.6 Å². The van der Waals surface area contributed by atoms with Crippen molar-refractivity contribution in [1.29, 1.82) is 0 Å². The fraction of sp³-hybridized carbons (Fsp3) is 0.0455. The molecule has 0 aliphatic carbocycles. The number of benzene rings is 2. The molecule has 0 aliphatic rings. The second-order valence-electron chi connectivity index (χ2n) is 6.81. The molecule has 8 heteroatoms. The van der Waals surface area contributed by atoms with E-state index in [1.807, 2.05) is 18.2 Å². The normalized spacial score (nSPS) is 11.2. The number of pyridine rings is 1. The molecule has 0 atom stereocenters. The predicted octanol–water partition coefficient (Wildman–Crippen LogP) is 4.53. The summed E-state index contributed by atoms with van der Waals surface area (Å²) in [6, 6.07) is 14.1. The first-order valence-electron chi connectivity index (χ1n) is 9.19. The molecule has 0 amide bonds. The minimum Gasteiger partial charge on any atom is -0.456 e. The Balaban J connectivity index is 1.44. The van der Waals surface area contributed by atoms with Gasteiger partial charge in [-0.15, -0.1) is 0 Å². The van der Waals surface area contributed by atoms with Crippen LogP contribution in [0, 0.1) is 0 Å². The van der Waals surface area contributed by atoms with E-state index in [2.05, 4.69) is 15.1 Å². The van der Waals surface area contributed by atoms with E-state index in [1.165, 1.54) is 4.68 Å². The average molecular weight is 419 g/mol.